The summed E-state index contributed by atoms with van der Waals surface area (Å²) in [6.45, 7) is 0.415. The standard InChI is InChI=1S/C22H29BrN2O10/c1-3-14(26)9-25-19(30)16(8-12-4-6-13(23)7-5-12)24(22(25)33)10-15(27)11-35-21(32)18(29)17(28)20(31)34-2/h4-7,14-18,26-29H,3,8-11H2,1-2H3. The van der Waals surface area contributed by atoms with Crippen molar-refractivity contribution in [2.75, 3.05) is 26.8 Å². The molecule has 3 amide bonds. The lowest BCUT2D eigenvalue weighted by atomic mass is 10.0. The summed E-state index contributed by atoms with van der Waals surface area (Å²) in [4.78, 5) is 51.2. The van der Waals surface area contributed by atoms with Crippen molar-refractivity contribution >= 4 is 39.8 Å². The molecule has 1 aliphatic rings. The normalized spacial score (nSPS) is 19.3. The third kappa shape index (κ3) is 7.45. The Bertz CT molecular complexity index is 912. The third-order valence-electron chi connectivity index (χ3n) is 5.42. The van der Waals surface area contributed by atoms with E-state index < -0.39 is 67.5 Å². The number of carbonyl (C=O) groups is 4. The van der Waals surface area contributed by atoms with Crippen LogP contribution in [0.1, 0.15) is 18.9 Å². The van der Waals surface area contributed by atoms with Gasteiger partial charge in [0.2, 0.25) is 0 Å². The van der Waals surface area contributed by atoms with Crippen LogP contribution in [0.15, 0.2) is 28.7 Å². The van der Waals surface area contributed by atoms with Crippen LogP contribution in [-0.2, 0) is 30.3 Å². The first kappa shape index (κ1) is 28.7. The predicted octanol–water partition coefficient (Wildman–Crippen LogP) is -0.806. The number of aliphatic hydroxyl groups is 4. The van der Waals surface area contributed by atoms with Crippen LogP contribution in [-0.4, -0.2) is 111 Å². The number of halogens is 1. The van der Waals surface area contributed by atoms with Crippen LogP contribution in [0.2, 0.25) is 0 Å². The largest absolute Gasteiger partial charge is 0.467 e. The van der Waals surface area contributed by atoms with Crippen molar-refractivity contribution in [1.82, 2.24) is 9.80 Å². The Morgan fingerprint density at radius 2 is 1.60 bits per heavy atom. The number of methoxy groups -OCH3 is 1. The van der Waals surface area contributed by atoms with Crippen LogP contribution in [0.5, 0.6) is 0 Å². The summed E-state index contributed by atoms with van der Waals surface area (Å²) in [5, 5.41) is 39.6. The lowest BCUT2D eigenvalue weighted by molar-refractivity contribution is -0.173. The maximum atomic E-state index is 13.0. The number of benzene rings is 1. The van der Waals surface area contributed by atoms with E-state index in [2.05, 4.69) is 20.7 Å². The van der Waals surface area contributed by atoms with Gasteiger partial charge in [-0.3, -0.25) is 9.69 Å². The maximum Gasteiger partial charge on any atom is 0.338 e. The average molecular weight is 561 g/mol. The summed E-state index contributed by atoms with van der Waals surface area (Å²) in [5.74, 6) is -3.17. The van der Waals surface area contributed by atoms with Crippen molar-refractivity contribution in [2.24, 2.45) is 0 Å². The highest BCUT2D eigenvalue weighted by molar-refractivity contribution is 9.10. The molecule has 2 rings (SSSR count). The molecule has 0 radical (unpaired) electrons. The summed E-state index contributed by atoms with van der Waals surface area (Å²) in [5.41, 5.74) is 0.753. The van der Waals surface area contributed by atoms with Gasteiger partial charge in [0.1, 0.15) is 18.8 Å². The summed E-state index contributed by atoms with van der Waals surface area (Å²) >= 11 is 3.33. The van der Waals surface area contributed by atoms with Crippen molar-refractivity contribution in [3.63, 3.8) is 0 Å². The maximum absolute atomic E-state index is 13.0. The second kappa shape index (κ2) is 12.9. The van der Waals surface area contributed by atoms with E-state index in [1.807, 2.05) is 0 Å². The average Bonchev–Trinajstić information content (AvgIpc) is 3.05. The Morgan fingerprint density at radius 1 is 1.00 bits per heavy atom. The first-order valence-electron chi connectivity index (χ1n) is 10.8. The minimum atomic E-state index is -2.24. The topological polar surface area (TPSA) is 174 Å². The number of rotatable bonds is 12. The van der Waals surface area contributed by atoms with Crippen molar-refractivity contribution < 1.29 is 49.1 Å². The van der Waals surface area contributed by atoms with Crippen molar-refractivity contribution in [3.8, 4) is 0 Å². The monoisotopic (exact) mass is 560 g/mol. The van der Waals surface area contributed by atoms with E-state index in [1.54, 1.807) is 31.2 Å². The first-order valence-corrected chi connectivity index (χ1v) is 11.6. The second-order valence-corrected chi connectivity index (χ2v) is 8.90. The van der Waals surface area contributed by atoms with Gasteiger partial charge in [-0.25, -0.2) is 14.4 Å². The lowest BCUT2D eigenvalue weighted by Gasteiger charge is -2.25. The Balaban J connectivity index is 2.10. The summed E-state index contributed by atoms with van der Waals surface area (Å²) in [6.07, 6.45) is -6.30. The fourth-order valence-electron chi connectivity index (χ4n) is 3.37. The van der Waals surface area contributed by atoms with Crippen molar-refractivity contribution in [1.29, 1.82) is 0 Å². The van der Waals surface area contributed by atoms with Crippen molar-refractivity contribution in [2.45, 2.75) is 50.2 Å². The van der Waals surface area contributed by atoms with Gasteiger partial charge in [-0.2, -0.15) is 0 Å². The Labute approximate surface area is 210 Å². The SMILES string of the molecule is CCC(O)CN1C(=O)C(Cc2ccc(Br)cc2)N(CC(O)COC(=O)C(O)C(O)C(=O)OC)C1=O. The van der Waals surface area contributed by atoms with Crippen LogP contribution < -0.4 is 0 Å². The number of urea groups is 1. The van der Waals surface area contributed by atoms with E-state index in [1.165, 1.54) is 0 Å². The molecule has 194 valence electrons. The number of β-amino-alcohol motifs (C(OH)–C–C–N with tert-alkyl or cyclic N) is 2. The zero-order valence-electron chi connectivity index (χ0n) is 19.2. The van der Waals surface area contributed by atoms with Gasteiger partial charge in [-0.05, 0) is 24.1 Å². The van der Waals surface area contributed by atoms with Crippen LogP contribution in [0.4, 0.5) is 4.79 Å². The number of aliphatic hydroxyl groups excluding tert-OH is 4. The molecule has 0 bridgehead atoms. The summed E-state index contributed by atoms with van der Waals surface area (Å²) in [6, 6.07) is 5.43. The van der Waals surface area contributed by atoms with Crippen LogP contribution in [0.3, 0.4) is 0 Å². The van der Waals surface area contributed by atoms with E-state index >= 15 is 0 Å². The Morgan fingerprint density at radius 3 is 2.17 bits per heavy atom. The molecule has 1 aliphatic heterocycles. The van der Waals surface area contributed by atoms with Gasteiger partial charge in [-0.15, -0.1) is 0 Å². The van der Waals surface area contributed by atoms with Crippen molar-refractivity contribution in [3.05, 3.63) is 34.3 Å². The van der Waals surface area contributed by atoms with Gasteiger partial charge in [-0.1, -0.05) is 35.0 Å². The molecule has 1 aromatic rings. The van der Waals surface area contributed by atoms with E-state index in [-0.39, 0.29) is 13.0 Å². The Kier molecular flexibility index (Phi) is 10.6. The molecule has 1 fully saturated rings. The molecular weight excluding hydrogens is 532 g/mol. The fourth-order valence-corrected chi connectivity index (χ4v) is 3.64. The van der Waals surface area contributed by atoms with Gasteiger partial charge in [0.05, 0.1) is 26.3 Å². The number of carbonyl (C=O) groups excluding carboxylic acids is 4. The van der Waals surface area contributed by atoms with Gasteiger partial charge in [0.15, 0.2) is 12.2 Å². The first-order chi connectivity index (χ1) is 16.5. The lowest BCUT2D eigenvalue weighted by Crippen LogP contribution is -2.45. The zero-order chi connectivity index (χ0) is 26.3. The van der Waals surface area contributed by atoms with Gasteiger partial charge in [0.25, 0.3) is 5.91 Å². The molecular formula is C22H29BrN2O10. The van der Waals surface area contributed by atoms with Gasteiger partial charge < -0.3 is 34.8 Å². The molecule has 12 nitrogen and oxygen atoms in total. The van der Waals surface area contributed by atoms with Gasteiger partial charge in [0, 0.05) is 10.9 Å². The number of hydrogen-bond acceptors (Lipinski definition) is 10. The molecule has 35 heavy (non-hydrogen) atoms. The second-order valence-electron chi connectivity index (χ2n) is 7.99. The summed E-state index contributed by atoms with van der Waals surface area (Å²) < 4.78 is 9.80. The molecule has 0 saturated carbocycles. The molecule has 0 spiro atoms. The molecule has 5 unspecified atom stereocenters. The third-order valence-corrected chi connectivity index (χ3v) is 5.95. The fraction of sp³-hybridized carbons (Fsp3) is 0.545. The molecule has 4 N–H and O–H groups in total. The van der Waals surface area contributed by atoms with Crippen LogP contribution in [0, 0.1) is 0 Å². The molecule has 1 saturated heterocycles. The summed E-state index contributed by atoms with van der Waals surface area (Å²) in [7, 11) is 0.954. The van der Waals surface area contributed by atoms with E-state index in [0.29, 0.717) is 6.42 Å². The zero-order valence-corrected chi connectivity index (χ0v) is 20.8. The van der Waals surface area contributed by atoms with E-state index in [0.717, 1.165) is 26.9 Å². The quantitative estimate of drug-likeness (QED) is 0.187. The molecule has 0 aliphatic carbocycles. The van der Waals surface area contributed by atoms with Crippen LogP contribution in [0.25, 0.3) is 0 Å². The van der Waals surface area contributed by atoms with E-state index in [9.17, 15) is 39.6 Å². The number of nitrogens with zero attached hydrogens (tertiary/aromatic N) is 2. The molecule has 1 heterocycles. The smallest absolute Gasteiger partial charge is 0.338 e. The molecule has 1 aromatic carbocycles. The number of ether oxygens (including phenoxy) is 2. The van der Waals surface area contributed by atoms with Crippen LogP contribution >= 0.6 is 15.9 Å². The predicted molar refractivity (Wildman–Crippen MR) is 123 cm³/mol. The molecule has 13 heteroatoms. The number of hydrogen-bond donors (Lipinski definition) is 4. The number of esters is 2. The molecule has 0 aromatic heterocycles. The minimum Gasteiger partial charge on any atom is -0.467 e. The minimum absolute atomic E-state index is 0.146. The molecule has 5 atom stereocenters. The highest BCUT2D eigenvalue weighted by Crippen LogP contribution is 2.23. The number of imide groups is 1. The number of amides is 3. The van der Waals surface area contributed by atoms with E-state index in [4.69, 9.17) is 4.74 Å². The highest BCUT2D eigenvalue weighted by atomic mass is 79.9. The highest BCUT2D eigenvalue weighted by Gasteiger charge is 2.46. The van der Waals surface area contributed by atoms with Gasteiger partial charge >= 0.3 is 18.0 Å². The Hall–Kier alpha value is -2.58.